The molecule has 1 atom stereocenters. The molecule has 0 amide bonds. The predicted molar refractivity (Wildman–Crippen MR) is 88.6 cm³/mol. The maximum absolute atomic E-state index is 6.43. The summed E-state index contributed by atoms with van der Waals surface area (Å²) in [6.07, 6.45) is 0.810. The fourth-order valence-electron chi connectivity index (χ4n) is 2.66. The van der Waals surface area contributed by atoms with Gasteiger partial charge in [-0.15, -0.1) is 5.10 Å². The molecule has 0 fully saturated rings. The summed E-state index contributed by atoms with van der Waals surface area (Å²) in [6, 6.07) is 14.8. The fourth-order valence-corrected chi connectivity index (χ4v) is 3.47. The highest BCUT2D eigenvalue weighted by molar-refractivity contribution is 7.05. The molecule has 0 saturated carbocycles. The summed E-state index contributed by atoms with van der Waals surface area (Å²) in [5, 5.41) is 6.76. The summed E-state index contributed by atoms with van der Waals surface area (Å²) in [4.78, 5) is 1.11. The molecule has 108 valence electrons. The Bertz CT molecular complexity index is 743. The standard InChI is InChI=1S/C17H19N3S/c1-11(2)16-17(21-20-19-16)15(18)10-13-8-5-7-12-6-3-4-9-14(12)13/h3-9,11,15H,10,18H2,1-2H3. The van der Waals surface area contributed by atoms with Gasteiger partial charge >= 0.3 is 0 Å². The van der Waals surface area contributed by atoms with Gasteiger partial charge in [0, 0.05) is 6.04 Å². The van der Waals surface area contributed by atoms with E-state index in [2.05, 4.69) is 65.9 Å². The molecule has 21 heavy (non-hydrogen) atoms. The van der Waals surface area contributed by atoms with Gasteiger partial charge in [-0.1, -0.05) is 60.8 Å². The van der Waals surface area contributed by atoms with Crippen LogP contribution in [0.5, 0.6) is 0 Å². The molecule has 0 aliphatic heterocycles. The zero-order chi connectivity index (χ0) is 14.8. The van der Waals surface area contributed by atoms with Crippen LogP contribution in [-0.4, -0.2) is 9.59 Å². The summed E-state index contributed by atoms with van der Waals surface area (Å²) >= 11 is 1.42. The van der Waals surface area contributed by atoms with Gasteiger partial charge in [0.25, 0.3) is 0 Å². The van der Waals surface area contributed by atoms with E-state index in [9.17, 15) is 0 Å². The highest BCUT2D eigenvalue weighted by atomic mass is 32.1. The number of hydrogen-bond donors (Lipinski definition) is 1. The zero-order valence-electron chi connectivity index (χ0n) is 12.3. The Labute approximate surface area is 129 Å². The number of rotatable bonds is 4. The van der Waals surface area contributed by atoms with E-state index in [4.69, 9.17) is 5.73 Å². The van der Waals surface area contributed by atoms with Crippen LogP contribution in [0.15, 0.2) is 42.5 Å². The van der Waals surface area contributed by atoms with Crippen molar-refractivity contribution < 1.29 is 0 Å². The fraction of sp³-hybridized carbons (Fsp3) is 0.294. The van der Waals surface area contributed by atoms with Gasteiger partial charge in [0.1, 0.15) is 0 Å². The average molecular weight is 297 g/mol. The summed E-state index contributed by atoms with van der Waals surface area (Å²) in [5.41, 5.74) is 8.75. The van der Waals surface area contributed by atoms with Crippen LogP contribution in [0, 0.1) is 0 Å². The molecular formula is C17H19N3S. The molecule has 1 aromatic heterocycles. The molecule has 4 heteroatoms. The highest BCUT2D eigenvalue weighted by Crippen LogP contribution is 2.29. The van der Waals surface area contributed by atoms with Crippen LogP contribution in [0.1, 0.15) is 41.9 Å². The quantitative estimate of drug-likeness (QED) is 0.790. The molecule has 2 N–H and O–H groups in total. The van der Waals surface area contributed by atoms with Gasteiger partial charge in [-0.3, -0.25) is 0 Å². The summed E-state index contributed by atoms with van der Waals surface area (Å²) in [5.74, 6) is 0.359. The first-order valence-electron chi connectivity index (χ1n) is 7.21. The predicted octanol–water partition coefficient (Wildman–Crippen LogP) is 4.06. The Morgan fingerprint density at radius 3 is 2.67 bits per heavy atom. The number of benzene rings is 2. The molecule has 3 nitrogen and oxygen atoms in total. The van der Waals surface area contributed by atoms with E-state index in [0.717, 1.165) is 17.0 Å². The van der Waals surface area contributed by atoms with E-state index in [1.165, 1.54) is 27.9 Å². The number of hydrogen-bond acceptors (Lipinski definition) is 4. The van der Waals surface area contributed by atoms with Gasteiger partial charge < -0.3 is 5.73 Å². The molecule has 2 aromatic carbocycles. The monoisotopic (exact) mass is 297 g/mol. The third-order valence-corrected chi connectivity index (χ3v) is 4.62. The van der Waals surface area contributed by atoms with Gasteiger partial charge in [0.05, 0.1) is 10.6 Å². The van der Waals surface area contributed by atoms with Crippen molar-refractivity contribution in [2.75, 3.05) is 0 Å². The summed E-state index contributed by atoms with van der Waals surface area (Å²) in [6.45, 7) is 4.26. The molecule has 3 rings (SSSR count). The van der Waals surface area contributed by atoms with Crippen LogP contribution in [0.2, 0.25) is 0 Å². The maximum atomic E-state index is 6.43. The molecular weight excluding hydrogens is 278 g/mol. The number of nitrogens with zero attached hydrogens (tertiary/aromatic N) is 2. The molecule has 0 radical (unpaired) electrons. The lowest BCUT2D eigenvalue weighted by atomic mass is 9.97. The van der Waals surface area contributed by atoms with Crippen molar-refractivity contribution >= 4 is 22.3 Å². The molecule has 0 aliphatic rings. The van der Waals surface area contributed by atoms with E-state index < -0.39 is 0 Å². The van der Waals surface area contributed by atoms with Gasteiger partial charge in [-0.25, -0.2) is 0 Å². The van der Waals surface area contributed by atoms with Crippen molar-refractivity contribution in [3.05, 3.63) is 58.6 Å². The van der Waals surface area contributed by atoms with Gasteiger partial charge in [-0.2, -0.15) is 0 Å². The minimum Gasteiger partial charge on any atom is -0.323 e. The average Bonchev–Trinajstić information content (AvgIpc) is 2.97. The van der Waals surface area contributed by atoms with E-state index in [1.807, 2.05) is 0 Å². The normalized spacial score (nSPS) is 13.0. The van der Waals surface area contributed by atoms with Crippen molar-refractivity contribution in [2.24, 2.45) is 5.73 Å². The topological polar surface area (TPSA) is 51.8 Å². The number of aromatic nitrogens is 2. The SMILES string of the molecule is CC(C)c1nnsc1C(N)Cc1cccc2ccccc12. The highest BCUT2D eigenvalue weighted by Gasteiger charge is 2.19. The second-order valence-electron chi connectivity index (χ2n) is 5.63. The maximum Gasteiger partial charge on any atom is 0.0829 e. The molecule has 0 saturated heterocycles. The van der Waals surface area contributed by atoms with E-state index in [-0.39, 0.29) is 6.04 Å². The molecule has 3 aromatic rings. The first-order valence-corrected chi connectivity index (χ1v) is 7.98. The van der Waals surface area contributed by atoms with Crippen LogP contribution >= 0.6 is 11.5 Å². The Balaban J connectivity index is 1.93. The first-order chi connectivity index (χ1) is 10.2. The van der Waals surface area contributed by atoms with Gasteiger partial charge in [0.2, 0.25) is 0 Å². The zero-order valence-corrected chi connectivity index (χ0v) is 13.1. The Morgan fingerprint density at radius 1 is 1.10 bits per heavy atom. The third kappa shape index (κ3) is 2.82. The van der Waals surface area contributed by atoms with Gasteiger partial charge in [-0.05, 0) is 40.2 Å². The smallest absolute Gasteiger partial charge is 0.0829 e. The van der Waals surface area contributed by atoms with Crippen LogP contribution in [0.3, 0.4) is 0 Å². The van der Waals surface area contributed by atoms with Crippen LogP contribution < -0.4 is 5.73 Å². The van der Waals surface area contributed by atoms with E-state index in [1.54, 1.807) is 0 Å². The van der Waals surface area contributed by atoms with E-state index in [0.29, 0.717) is 5.92 Å². The largest absolute Gasteiger partial charge is 0.323 e. The van der Waals surface area contributed by atoms with Crippen molar-refractivity contribution in [3.63, 3.8) is 0 Å². The second-order valence-corrected chi connectivity index (χ2v) is 6.41. The van der Waals surface area contributed by atoms with Crippen LogP contribution in [0.25, 0.3) is 10.8 Å². The van der Waals surface area contributed by atoms with Crippen molar-refractivity contribution in [1.82, 2.24) is 9.59 Å². The van der Waals surface area contributed by atoms with E-state index >= 15 is 0 Å². The Hall–Kier alpha value is -1.78. The molecule has 1 heterocycles. The minimum atomic E-state index is -0.0480. The lowest BCUT2D eigenvalue weighted by Gasteiger charge is -2.14. The Kier molecular flexibility index (Phi) is 3.99. The van der Waals surface area contributed by atoms with Gasteiger partial charge in [0.15, 0.2) is 0 Å². The summed E-state index contributed by atoms with van der Waals surface area (Å²) < 4.78 is 4.08. The first kappa shape index (κ1) is 14.2. The lowest BCUT2D eigenvalue weighted by Crippen LogP contribution is -2.14. The number of fused-ring (bicyclic) bond motifs is 1. The van der Waals surface area contributed by atoms with Crippen molar-refractivity contribution in [3.8, 4) is 0 Å². The van der Waals surface area contributed by atoms with Crippen LogP contribution in [-0.2, 0) is 6.42 Å². The Morgan fingerprint density at radius 2 is 1.86 bits per heavy atom. The summed E-state index contributed by atoms with van der Waals surface area (Å²) in [7, 11) is 0. The number of nitrogens with two attached hydrogens (primary N) is 1. The second kappa shape index (κ2) is 5.92. The third-order valence-electron chi connectivity index (χ3n) is 3.74. The molecule has 1 unspecified atom stereocenters. The molecule has 0 spiro atoms. The molecule has 0 bridgehead atoms. The minimum absolute atomic E-state index is 0.0480. The van der Waals surface area contributed by atoms with Crippen molar-refractivity contribution in [1.29, 1.82) is 0 Å². The van der Waals surface area contributed by atoms with Crippen LogP contribution in [0.4, 0.5) is 0 Å². The molecule has 0 aliphatic carbocycles. The van der Waals surface area contributed by atoms with Crippen molar-refractivity contribution in [2.45, 2.75) is 32.2 Å². The lowest BCUT2D eigenvalue weighted by molar-refractivity contribution is 0.703.